The Bertz CT molecular complexity index is 1010. The molecule has 124 valence electrons. The van der Waals surface area contributed by atoms with Crippen LogP contribution in [0.15, 0.2) is 71.2 Å². The number of allylic oxidation sites excluding steroid dienone is 3. The summed E-state index contributed by atoms with van der Waals surface area (Å²) in [5.41, 5.74) is 4.01. The molecule has 0 saturated heterocycles. The summed E-state index contributed by atoms with van der Waals surface area (Å²) >= 11 is 0. The molecule has 2 amide bonds. The number of amides is 2. The third-order valence-electron chi connectivity index (χ3n) is 4.30. The van der Waals surface area contributed by atoms with Gasteiger partial charge in [-0.2, -0.15) is 0 Å². The van der Waals surface area contributed by atoms with Crippen molar-refractivity contribution in [2.24, 2.45) is 10.9 Å². The van der Waals surface area contributed by atoms with Gasteiger partial charge in [-0.25, -0.2) is 9.98 Å². The molecule has 2 aromatic rings. The number of para-hydroxylation sites is 2. The summed E-state index contributed by atoms with van der Waals surface area (Å²) in [6.45, 7) is 2.04. The zero-order chi connectivity index (χ0) is 17.4. The summed E-state index contributed by atoms with van der Waals surface area (Å²) < 4.78 is 1.78. The number of nitrogens with one attached hydrogen (secondary N) is 1. The largest absolute Gasteiger partial charge is 0.325 e. The summed E-state index contributed by atoms with van der Waals surface area (Å²) in [4.78, 5) is 32.4. The van der Waals surface area contributed by atoms with E-state index in [4.69, 9.17) is 0 Å². The van der Waals surface area contributed by atoms with Gasteiger partial charge in [0.05, 0.1) is 23.1 Å². The summed E-state index contributed by atoms with van der Waals surface area (Å²) in [6, 6.07) is 7.64. The van der Waals surface area contributed by atoms with Gasteiger partial charge in [0.2, 0.25) is 5.91 Å². The molecule has 1 aromatic heterocycles. The molecule has 6 heteroatoms. The Hall–Kier alpha value is -3.28. The van der Waals surface area contributed by atoms with Crippen LogP contribution in [0, 0.1) is 5.92 Å². The molecule has 0 saturated carbocycles. The fraction of sp³-hybridized carbons (Fsp3) is 0.158. The number of fused-ring (bicyclic) bond motifs is 2. The van der Waals surface area contributed by atoms with Crippen molar-refractivity contribution in [1.29, 1.82) is 0 Å². The van der Waals surface area contributed by atoms with Gasteiger partial charge in [0.25, 0.3) is 5.91 Å². The van der Waals surface area contributed by atoms with Crippen molar-refractivity contribution in [3.8, 4) is 0 Å². The smallest absolute Gasteiger partial charge is 0.266 e. The van der Waals surface area contributed by atoms with Crippen LogP contribution in [-0.4, -0.2) is 27.1 Å². The van der Waals surface area contributed by atoms with E-state index in [1.54, 1.807) is 23.0 Å². The lowest BCUT2D eigenvalue weighted by Crippen LogP contribution is -2.32. The molecule has 6 nitrogen and oxygen atoms in total. The summed E-state index contributed by atoms with van der Waals surface area (Å²) in [6.07, 6.45) is 8.74. The minimum atomic E-state index is -0.271. The number of hydrogen-bond donors (Lipinski definition) is 1. The fourth-order valence-electron chi connectivity index (χ4n) is 3.11. The van der Waals surface area contributed by atoms with Crippen molar-refractivity contribution in [1.82, 2.24) is 14.9 Å². The Kier molecular flexibility index (Phi) is 3.65. The van der Waals surface area contributed by atoms with E-state index in [9.17, 15) is 9.59 Å². The van der Waals surface area contributed by atoms with E-state index in [2.05, 4.69) is 15.3 Å². The van der Waals surface area contributed by atoms with Crippen LogP contribution >= 0.6 is 0 Å². The lowest BCUT2D eigenvalue weighted by Gasteiger charge is -2.25. The number of hydrogen-bond acceptors (Lipinski definition) is 3. The number of nitrogens with zero attached hydrogens (tertiary/aromatic N) is 3. The zero-order valence-electron chi connectivity index (χ0n) is 13.6. The Morgan fingerprint density at radius 2 is 2.16 bits per heavy atom. The first kappa shape index (κ1) is 15.3. The molecule has 1 aliphatic carbocycles. The van der Waals surface area contributed by atoms with Gasteiger partial charge < -0.3 is 9.88 Å². The molecule has 25 heavy (non-hydrogen) atoms. The maximum atomic E-state index is 12.3. The lowest BCUT2D eigenvalue weighted by atomic mass is 9.89. The third-order valence-corrected chi connectivity index (χ3v) is 4.30. The van der Waals surface area contributed by atoms with Gasteiger partial charge in [0, 0.05) is 17.7 Å². The summed E-state index contributed by atoms with van der Waals surface area (Å²) in [7, 11) is 0. The van der Waals surface area contributed by atoms with Crippen LogP contribution in [0.4, 0.5) is 0 Å². The maximum Gasteiger partial charge on any atom is 0.266 e. The highest BCUT2D eigenvalue weighted by Gasteiger charge is 2.23. The Labute approximate surface area is 144 Å². The highest BCUT2D eigenvalue weighted by Crippen LogP contribution is 2.26. The molecule has 1 atom stereocenters. The van der Waals surface area contributed by atoms with Gasteiger partial charge in [0.1, 0.15) is 6.54 Å². The predicted molar refractivity (Wildman–Crippen MR) is 94.8 cm³/mol. The van der Waals surface area contributed by atoms with E-state index >= 15 is 0 Å². The average molecular weight is 332 g/mol. The normalized spacial score (nSPS) is 20.9. The second-order valence-electron chi connectivity index (χ2n) is 6.11. The first-order chi connectivity index (χ1) is 12.1. The minimum Gasteiger partial charge on any atom is -0.325 e. The highest BCUT2D eigenvalue weighted by atomic mass is 16.2. The summed E-state index contributed by atoms with van der Waals surface area (Å²) in [5.74, 6) is -0.372. The van der Waals surface area contributed by atoms with Crippen molar-refractivity contribution in [3.05, 3.63) is 66.2 Å². The lowest BCUT2D eigenvalue weighted by molar-refractivity contribution is -0.118. The first-order valence-corrected chi connectivity index (χ1v) is 8.00. The fourth-order valence-corrected chi connectivity index (χ4v) is 3.11. The molecule has 2 heterocycles. The highest BCUT2D eigenvalue weighted by molar-refractivity contribution is 6.11. The topological polar surface area (TPSA) is 76.3 Å². The number of aliphatic imine (C=N–C) groups is 1. The van der Waals surface area contributed by atoms with E-state index in [0.29, 0.717) is 5.71 Å². The van der Waals surface area contributed by atoms with Crippen LogP contribution in [0.3, 0.4) is 0 Å². The molecule has 4 rings (SSSR count). The monoisotopic (exact) mass is 332 g/mol. The van der Waals surface area contributed by atoms with Crippen LogP contribution in [0.2, 0.25) is 0 Å². The maximum absolute atomic E-state index is 12.3. The summed E-state index contributed by atoms with van der Waals surface area (Å²) in [5, 5.41) is 2.81. The van der Waals surface area contributed by atoms with Gasteiger partial charge in [-0.05, 0) is 31.2 Å². The SMILES string of the molecule is CC1=CC(=O)NC2=CC(=NC(=O)Cn3cnc4ccccc43)C=CC12. The van der Waals surface area contributed by atoms with Crippen molar-refractivity contribution >= 4 is 28.6 Å². The molecule has 0 bridgehead atoms. The van der Waals surface area contributed by atoms with Crippen molar-refractivity contribution in [2.45, 2.75) is 13.5 Å². The number of carbonyl (C=O) groups is 2. The Morgan fingerprint density at radius 1 is 1.32 bits per heavy atom. The predicted octanol–water partition coefficient (Wildman–Crippen LogP) is 2.15. The molecule has 0 fully saturated rings. The van der Waals surface area contributed by atoms with E-state index < -0.39 is 0 Å². The van der Waals surface area contributed by atoms with Crippen molar-refractivity contribution in [2.75, 3.05) is 0 Å². The average Bonchev–Trinajstić information content (AvgIpc) is 2.97. The Morgan fingerprint density at radius 3 is 3.04 bits per heavy atom. The first-order valence-electron chi connectivity index (χ1n) is 8.00. The van der Waals surface area contributed by atoms with E-state index in [1.165, 1.54) is 0 Å². The van der Waals surface area contributed by atoms with E-state index in [1.807, 2.05) is 43.3 Å². The molecule has 1 aromatic carbocycles. The van der Waals surface area contributed by atoms with E-state index in [-0.39, 0.29) is 24.3 Å². The van der Waals surface area contributed by atoms with Crippen LogP contribution in [0.1, 0.15) is 6.92 Å². The quantitative estimate of drug-likeness (QED) is 0.915. The van der Waals surface area contributed by atoms with Gasteiger partial charge in [-0.3, -0.25) is 9.59 Å². The minimum absolute atomic E-state index is 0.0457. The second-order valence-corrected chi connectivity index (χ2v) is 6.11. The zero-order valence-corrected chi connectivity index (χ0v) is 13.6. The molecule has 1 unspecified atom stereocenters. The van der Waals surface area contributed by atoms with Crippen LogP contribution < -0.4 is 5.32 Å². The standard InChI is InChI=1S/C19H16N4O2/c1-12-8-18(24)22-16-9-13(6-7-14(12)16)21-19(25)10-23-11-20-15-4-2-3-5-17(15)23/h2-9,11,14H,10H2,1H3,(H,22,24). The van der Waals surface area contributed by atoms with Crippen LogP contribution in [0.5, 0.6) is 0 Å². The second kappa shape index (κ2) is 5.98. The number of benzene rings is 1. The van der Waals surface area contributed by atoms with Gasteiger partial charge in [0.15, 0.2) is 0 Å². The number of aromatic nitrogens is 2. The molecule has 0 radical (unpaired) electrons. The molecular formula is C19H16N4O2. The molecular weight excluding hydrogens is 316 g/mol. The molecule has 0 spiro atoms. The van der Waals surface area contributed by atoms with Gasteiger partial charge in [-0.1, -0.05) is 23.8 Å². The number of carbonyl (C=O) groups excluding carboxylic acids is 2. The van der Waals surface area contributed by atoms with Gasteiger partial charge >= 0.3 is 0 Å². The van der Waals surface area contributed by atoms with Crippen LogP contribution in [-0.2, 0) is 16.1 Å². The van der Waals surface area contributed by atoms with Crippen molar-refractivity contribution < 1.29 is 9.59 Å². The van der Waals surface area contributed by atoms with Crippen LogP contribution in [0.25, 0.3) is 11.0 Å². The number of imidazole rings is 1. The molecule has 1 aliphatic heterocycles. The Balaban J connectivity index is 1.55. The van der Waals surface area contributed by atoms with E-state index in [0.717, 1.165) is 22.3 Å². The van der Waals surface area contributed by atoms with Gasteiger partial charge in [-0.15, -0.1) is 0 Å². The molecule has 1 N–H and O–H groups in total. The number of rotatable bonds is 2. The third kappa shape index (κ3) is 2.94. The van der Waals surface area contributed by atoms with Crippen molar-refractivity contribution in [3.63, 3.8) is 0 Å². The molecule has 2 aliphatic rings.